The molecular formula is C37H40ClN3O9. The van der Waals surface area contributed by atoms with Gasteiger partial charge in [0.2, 0.25) is 0 Å². The van der Waals surface area contributed by atoms with Crippen LogP contribution >= 0.6 is 11.6 Å². The molecular weight excluding hydrogens is 666 g/mol. The van der Waals surface area contributed by atoms with Gasteiger partial charge in [0.05, 0.1) is 42.3 Å². The van der Waals surface area contributed by atoms with Gasteiger partial charge in [0.15, 0.2) is 0 Å². The quantitative estimate of drug-likeness (QED) is 0.0948. The first-order valence-electron chi connectivity index (χ1n) is 16.5. The topological polar surface area (TPSA) is 184 Å². The third-order valence-corrected chi connectivity index (χ3v) is 9.17. The second-order valence-electron chi connectivity index (χ2n) is 12.6. The molecule has 2 aliphatic carbocycles. The Morgan fingerprint density at radius 1 is 0.940 bits per heavy atom. The number of para-hydroxylation sites is 1. The molecule has 2 fully saturated rings. The Balaban J connectivity index is 1.04. The standard InChI is InChI=1S/C37H40ClN3O9/c38-30-10-9-26(48-21-24-6-5-22(16-40-24)36(47)41-18-31(43)34(45)35(46)32(44)19-42)15-23(30)20-49-37(12-13-37)29-17-39-14-11-27(29)28-3-1-2-4-33(28)50-25-7-8-25/h1-6,9-11,14-17,25,31-32,34-35,42-46H,7-8,12-13,18-21H2,(H,41,47). The molecule has 6 N–H and O–H groups in total. The molecule has 6 rings (SSSR count). The van der Waals surface area contributed by atoms with Gasteiger partial charge in [-0.15, -0.1) is 0 Å². The van der Waals surface area contributed by atoms with E-state index in [1.54, 1.807) is 24.4 Å². The molecule has 2 aliphatic rings. The average molecular weight is 706 g/mol. The Labute approximate surface area is 294 Å². The van der Waals surface area contributed by atoms with Crippen molar-refractivity contribution in [1.29, 1.82) is 0 Å². The number of carbonyl (C=O) groups excluding carboxylic acids is 1. The van der Waals surface area contributed by atoms with E-state index in [0.29, 0.717) is 16.5 Å². The van der Waals surface area contributed by atoms with Crippen molar-refractivity contribution in [3.8, 4) is 22.6 Å². The number of hydrogen-bond donors (Lipinski definition) is 6. The van der Waals surface area contributed by atoms with Crippen LogP contribution in [0.2, 0.25) is 5.02 Å². The number of aliphatic hydroxyl groups excluding tert-OH is 5. The SMILES string of the molecule is O=C(NCC(O)C(O)C(O)C(O)CO)c1ccc(COc2ccc(Cl)c(COC3(c4cnccc4-c4ccccc4OC4CC4)CC3)c2)nc1. The molecule has 13 heteroatoms. The van der Waals surface area contributed by atoms with Crippen molar-refractivity contribution < 1.29 is 44.5 Å². The molecule has 50 heavy (non-hydrogen) atoms. The fraction of sp³-hybridized carbons (Fsp3) is 0.378. The van der Waals surface area contributed by atoms with Crippen molar-refractivity contribution in [2.75, 3.05) is 13.2 Å². The van der Waals surface area contributed by atoms with Gasteiger partial charge in [-0.05, 0) is 73.7 Å². The highest BCUT2D eigenvalue weighted by Crippen LogP contribution is 2.53. The lowest BCUT2D eigenvalue weighted by atomic mass is 9.96. The summed E-state index contributed by atoms with van der Waals surface area (Å²) in [6.07, 6.45) is 2.37. The Bertz CT molecular complexity index is 1770. The van der Waals surface area contributed by atoms with Crippen LogP contribution in [0, 0.1) is 0 Å². The number of benzene rings is 2. The minimum atomic E-state index is -1.78. The zero-order chi connectivity index (χ0) is 35.3. The van der Waals surface area contributed by atoms with E-state index in [1.807, 2.05) is 36.5 Å². The third-order valence-electron chi connectivity index (χ3n) is 8.80. The lowest BCUT2D eigenvalue weighted by Crippen LogP contribution is -2.49. The fourth-order valence-electron chi connectivity index (χ4n) is 5.51. The van der Waals surface area contributed by atoms with Crippen molar-refractivity contribution in [2.24, 2.45) is 0 Å². The van der Waals surface area contributed by atoms with Crippen molar-refractivity contribution in [3.63, 3.8) is 0 Å². The number of rotatable bonds is 17. The maximum Gasteiger partial charge on any atom is 0.252 e. The minimum absolute atomic E-state index is 0.116. The molecule has 2 saturated carbocycles. The van der Waals surface area contributed by atoms with Crippen LogP contribution in [0.3, 0.4) is 0 Å². The highest BCUT2D eigenvalue weighted by atomic mass is 35.5. The number of pyridine rings is 2. The maximum atomic E-state index is 12.5. The van der Waals surface area contributed by atoms with Crippen molar-refractivity contribution >= 4 is 17.5 Å². The molecule has 0 bridgehead atoms. The Kier molecular flexibility index (Phi) is 11.3. The summed E-state index contributed by atoms with van der Waals surface area (Å²) < 4.78 is 18.8. The number of aromatic nitrogens is 2. The molecule has 0 aliphatic heterocycles. The number of halogens is 1. The predicted molar refractivity (Wildman–Crippen MR) is 182 cm³/mol. The van der Waals surface area contributed by atoms with Crippen LogP contribution in [0.25, 0.3) is 11.1 Å². The molecule has 4 atom stereocenters. The molecule has 0 saturated heterocycles. The number of amides is 1. The molecule has 0 radical (unpaired) electrons. The summed E-state index contributed by atoms with van der Waals surface area (Å²) in [5, 5.41) is 51.0. The van der Waals surface area contributed by atoms with Gasteiger partial charge in [0.25, 0.3) is 5.91 Å². The van der Waals surface area contributed by atoms with E-state index < -0.39 is 49.1 Å². The van der Waals surface area contributed by atoms with E-state index in [-0.39, 0.29) is 24.9 Å². The number of carbonyl (C=O) groups is 1. The molecule has 264 valence electrons. The van der Waals surface area contributed by atoms with Crippen molar-refractivity contribution in [1.82, 2.24) is 15.3 Å². The van der Waals surface area contributed by atoms with Gasteiger partial charge in [-0.2, -0.15) is 0 Å². The lowest BCUT2D eigenvalue weighted by Gasteiger charge is -2.25. The molecule has 4 unspecified atom stereocenters. The summed E-state index contributed by atoms with van der Waals surface area (Å²) in [6.45, 7) is -0.824. The first kappa shape index (κ1) is 35.7. The summed E-state index contributed by atoms with van der Waals surface area (Å²) >= 11 is 6.58. The number of ether oxygens (including phenoxy) is 3. The molecule has 12 nitrogen and oxygen atoms in total. The molecule has 0 spiro atoms. The van der Waals surface area contributed by atoms with Gasteiger partial charge in [-0.25, -0.2) is 0 Å². The second-order valence-corrected chi connectivity index (χ2v) is 13.0. The van der Waals surface area contributed by atoms with Crippen LogP contribution in [0.4, 0.5) is 0 Å². The van der Waals surface area contributed by atoms with Crippen LogP contribution in [-0.2, 0) is 23.6 Å². The van der Waals surface area contributed by atoms with Crippen molar-refractivity contribution in [2.45, 2.75) is 75.0 Å². The van der Waals surface area contributed by atoms with Gasteiger partial charge in [-0.1, -0.05) is 29.8 Å². The van der Waals surface area contributed by atoms with Crippen molar-refractivity contribution in [3.05, 3.63) is 107 Å². The Hall–Kier alpha value is -4.14. The van der Waals surface area contributed by atoms with E-state index in [0.717, 1.165) is 53.7 Å². The first-order chi connectivity index (χ1) is 24.2. The number of hydrogen-bond acceptors (Lipinski definition) is 11. The Morgan fingerprint density at radius 3 is 2.44 bits per heavy atom. The molecule has 1 amide bonds. The Morgan fingerprint density at radius 2 is 1.72 bits per heavy atom. The van der Waals surface area contributed by atoms with Gasteiger partial charge >= 0.3 is 0 Å². The van der Waals surface area contributed by atoms with Crippen LogP contribution in [0.1, 0.15) is 52.9 Å². The van der Waals surface area contributed by atoms with Crippen LogP contribution < -0.4 is 14.8 Å². The number of nitrogens with zero attached hydrogens (tertiary/aromatic N) is 2. The van der Waals surface area contributed by atoms with Gasteiger partial charge < -0.3 is 45.1 Å². The summed E-state index contributed by atoms with van der Waals surface area (Å²) in [5.41, 5.74) is 4.11. The fourth-order valence-corrected chi connectivity index (χ4v) is 5.68. The van der Waals surface area contributed by atoms with E-state index in [1.165, 1.54) is 12.3 Å². The monoisotopic (exact) mass is 705 g/mol. The molecule has 2 heterocycles. The second kappa shape index (κ2) is 15.8. The maximum absolute atomic E-state index is 12.5. The van der Waals surface area contributed by atoms with Gasteiger partial charge in [-0.3, -0.25) is 14.8 Å². The first-order valence-corrected chi connectivity index (χ1v) is 16.9. The third kappa shape index (κ3) is 8.59. The molecule has 2 aromatic carbocycles. The summed E-state index contributed by atoms with van der Waals surface area (Å²) in [5.74, 6) is 0.859. The summed E-state index contributed by atoms with van der Waals surface area (Å²) in [4.78, 5) is 21.2. The predicted octanol–water partition coefficient (Wildman–Crippen LogP) is 3.29. The normalized spacial score (nSPS) is 17.3. The lowest BCUT2D eigenvalue weighted by molar-refractivity contribution is -0.113. The van der Waals surface area contributed by atoms with E-state index in [2.05, 4.69) is 21.4 Å². The highest BCUT2D eigenvalue weighted by Gasteiger charge is 2.48. The molecule has 2 aromatic heterocycles. The average Bonchev–Trinajstić information content (AvgIpc) is 4.10. The summed E-state index contributed by atoms with van der Waals surface area (Å²) in [7, 11) is 0. The van der Waals surface area contributed by atoms with E-state index in [9.17, 15) is 25.2 Å². The zero-order valence-electron chi connectivity index (χ0n) is 27.2. The van der Waals surface area contributed by atoms with Gasteiger partial charge in [0.1, 0.15) is 36.4 Å². The van der Waals surface area contributed by atoms with E-state index >= 15 is 0 Å². The van der Waals surface area contributed by atoms with Crippen LogP contribution in [-0.4, -0.2) is 85.1 Å². The van der Waals surface area contributed by atoms with Crippen LogP contribution in [0.15, 0.2) is 79.3 Å². The summed E-state index contributed by atoms with van der Waals surface area (Å²) in [6, 6.07) is 18.6. The van der Waals surface area contributed by atoms with Gasteiger partial charge in [0, 0.05) is 46.8 Å². The zero-order valence-corrected chi connectivity index (χ0v) is 27.9. The van der Waals surface area contributed by atoms with E-state index in [4.69, 9.17) is 30.9 Å². The minimum Gasteiger partial charge on any atom is -0.490 e. The smallest absolute Gasteiger partial charge is 0.252 e. The number of aliphatic hydroxyl groups is 5. The largest absolute Gasteiger partial charge is 0.490 e. The highest BCUT2D eigenvalue weighted by molar-refractivity contribution is 6.31. The number of nitrogens with one attached hydrogen (secondary N) is 1. The molecule has 4 aromatic rings. The van der Waals surface area contributed by atoms with Crippen LogP contribution in [0.5, 0.6) is 11.5 Å².